The summed E-state index contributed by atoms with van der Waals surface area (Å²) in [5, 5.41) is 6.62. The third kappa shape index (κ3) is 8.80. The second-order valence-corrected chi connectivity index (χ2v) is 7.06. The first-order chi connectivity index (χ1) is 13.7. The Balaban J connectivity index is 1.58. The van der Waals surface area contributed by atoms with Crippen molar-refractivity contribution in [1.82, 2.24) is 20.4 Å². The molecule has 2 N–H and O–H groups in total. The van der Waals surface area contributed by atoms with E-state index in [1.54, 1.807) is 7.11 Å². The fourth-order valence-electron chi connectivity index (χ4n) is 3.06. The quantitative estimate of drug-likeness (QED) is 0.340. The fourth-order valence-corrected chi connectivity index (χ4v) is 3.06. The van der Waals surface area contributed by atoms with E-state index in [0.29, 0.717) is 13.2 Å². The van der Waals surface area contributed by atoms with Crippen LogP contribution in [0.2, 0.25) is 0 Å². The van der Waals surface area contributed by atoms with Gasteiger partial charge in [-0.2, -0.15) is 0 Å². The minimum atomic E-state index is 0.583. The van der Waals surface area contributed by atoms with Gasteiger partial charge in [0.05, 0.1) is 13.7 Å². The largest absolute Gasteiger partial charge is 0.497 e. The van der Waals surface area contributed by atoms with Gasteiger partial charge in [0.1, 0.15) is 18.1 Å². The highest BCUT2D eigenvalue weighted by Gasteiger charge is 2.12. The Morgan fingerprint density at radius 3 is 2.43 bits per heavy atom. The summed E-state index contributed by atoms with van der Waals surface area (Å²) in [7, 11) is 3.86. The van der Waals surface area contributed by atoms with Crippen molar-refractivity contribution in [3.8, 4) is 11.5 Å². The van der Waals surface area contributed by atoms with Crippen LogP contribution in [0.25, 0.3) is 0 Å². The van der Waals surface area contributed by atoms with Crippen molar-refractivity contribution in [2.24, 2.45) is 4.99 Å². The molecule has 158 valence electrons. The van der Waals surface area contributed by atoms with Crippen LogP contribution < -0.4 is 20.1 Å². The zero-order valence-electron chi connectivity index (χ0n) is 17.7. The minimum Gasteiger partial charge on any atom is -0.497 e. The van der Waals surface area contributed by atoms with Crippen molar-refractivity contribution in [2.75, 3.05) is 73.1 Å². The van der Waals surface area contributed by atoms with Gasteiger partial charge in [-0.25, -0.2) is 0 Å². The molecule has 0 spiro atoms. The van der Waals surface area contributed by atoms with Crippen molar-refractivity contribution in [2.45, 2.75) is 19.8 Å². The van der Waals surface area contributed by atoms with Crippen LogP contribution in [-0.2, 0) is 0 Å². The number of nitrogens with one attached hydrogen (secondary N) is 2. The SMILES string of the molecule is CCNC(=NCCCCN1CCN(C)CC1)NCCOc1ccc(OC)cc1. The minimum absolute atomic E-state index is 0.583. The second kappa shape index (κ2) is 13.2. The number of hydrogen-bond acceptors (Lipinski definition) is 5. The number of methoxy groups -OCH3 is 1. The van der Waals surface area contributed by atoms with E-state index in [2.05, 4.69) is 39.4 Å². The van der Waals surface area contributed by atoms with Crippen LogP contribution in [0.15, 0.2) is 29.3 Å². The van der Waals surface area contributed by atoms with E-state index >= 15 is 0 Å². The van der Waals surface area contributed by atoms with E-state index in [1.165, 1.54) is 39.1 Å². The van der Waals surface area contributed by atoms with E-state index < -0.39 is 0 Å². The molecule has 1 saturated heterocycles. The lowest BCUT2D eigenvalue weighted by molar-refractivity contribution is 0.152. The molecule has 7 heteroatoms. The van der Waals surface area contributed by atoms with Crippen LogP contribution in [0, 0.1) is 0 Å². The third-order valence-electron chi connectivity index (χ3n) is 4.82. The van der Waals surface area contributed by atoms with Crippen LogP contribution >= 0.6 is 0 Å². The average molecular weight is 392 g/mol. The summed E-state index contributed by atoms with van der Waals surface area (Å²) in [6.07, 6.45) is 2.32. The zero-order chi connectivity index (χ0) is 20.0. The van der Waals surface area contributed by atoms with Crippen molar-refractivity contribution < 1.29 is 9.47 Å². The predicted molar refractivity (Wildman–Crippen MR) is 116 cm³/mol. The van der Waals surface area contributed by atoms with Gasteiger partial charge in [0.2, 0.25) is 0 Å². The van der Waals surface area contributed by atoms with E-state index in [9.17, 15) is 0 Å². The Hall–Kier alpha value is -1.99. The Kier molecular flexibility index (Phi) is 10.5. The highest BCUT2D eigenvalue weighted by atomic mass is 16.5. The number of ether oxygens (including phenoxy) is 2. The smallest absolute Gasteiger partial charge is 0.191 e. The maximum Gasteiger partial charge on any atom is 0.191 e. The molecule has 0 aliphatic carbocycles. The van der Waals surface area contributed by atoms with Crippen LogP contribution in [-0.4, -0.2) is 88.9 Å². The standard InChI is InChI=1S/C21H37N5O2/c1-4-22-21(23-11-5-6-13-26-16-14-25(2)15-17-26)24-12-18-28-20-9-7-19(27-3)8-10-20/h7-10H,4-6,11-18H2,1-3H3,(H2,22,23,24). The molecule has 1 fully saturated rings. The lowest BCUT2D eigenvalue weighted by Gasteiger charge is -2.32. The first kappa shape index (κ1) is 22.3. The monoisotopic (exact) mass is 391 g/mol. The van der Waals surface area contributed by atoms with Gasteiger partial charge in [-0.15, -0.1) is 0 Å². The van der Waals surface area contributed by atoms with E-state index in [0.717, 1.165) is 37.0 Å². The maximum atomic E-state index is 5.74. The van der Waals surface area contributed by atoms with E-state index in [4.69, 9.17) is 9.47 Å². The number of aliphatic imine (C=N–C) groups is 1. The molecular weight excluding hydrogens is 354 g/mol. The summed E-state index contributed by atoms with van der Waals surface area (Å²) in [5.74, 6) is 2.54. The highest BCUT2D eigenvalue weighted by Crippen LogP contribution is 2.16. The molecule has 28 heavy (non-hydrogen) atoms. The van der Waals surface area contributed by atoms with Gasteiger partial charge in [-0.05, 0) is 57.6 Å². The van der Waals surface area contributed by atoms with Crippen molar-refractivity contribution in [3.05, 3.63) is 24.3 Å². The molecule has 2 rings (SSSR count). The molecule has 1 aromatic carbocycles. The fraction of sp³-hybridized carbons (Fsp3) is 0.667. The number of unbranched alkanes of at least 4 members (excludes halogenated alkanes) is 1. The number of rotatable bonds is 11. The van der Waals surface area contributed by atoms with Crippen LogP contribution in [0.4, 0.5) is 0 Å². The zero-order valence-corrected chi connectivity index (χ0v) is 17.7. The molecule has 1 aliphatic rings. The van der Waals surface area contributed by atoms with Crippen molar-refractivity contribution >= 4 is 5.96 Å². The van der Waals surface area contributed by atoms with Crippen molar-refractivity contribution in [1.29, 1.82) is 0 Å². The molecule has 1 aliphatic heterocycles. The molecule has 1 aromatic rings. The summed E-state index contributed by atoms with van der Waals surface area (Å²) in [4.78, 5) is 9.63. The lowest BCUT2D eigenvalue weighted by Crippen LogP contribution is -2.44. The Bertz CT molecular complexity index is 556. The van der Waals surface area contributed by atoms with E-state index in [1.807, 2.05) is 24.3 Å². The van der Waals surface area contributed by atoms with Gasteiger partial charge in [-0.3, -0.25) is 4.99 Å². The molecule has 1 heterocycles. The summed E-state index contributed by atoms with van der Waals surface area (Å²) < 4.78 is 10.9. The molecule has 0 unspecified atom stereocenters. The highest BCUT2D eigenvalue weighted by molar-refractivity contribution is 5.79. The molecule has 0 bridgehead atoms. The lowest BCUT2D eigenvalue weighted by atomic mass is 10.2. The average Bonchev–Trinajstić information content (AvgIpc) is 2.72. The Labute approximate surface area is 170 Å². The maximum absolute atomic E-state index is 5.74. The number of benzene rings is 1. The predicted octanol–water partition coefficient (Wildman–Crippen LogP) is 1.66. The summed E-state index contributed by atoms with van der Waals surface area (Å²) in [5.41, 5.74) is 0. The topological polar surface area (TPSA) is 61.4 Å². The molecule has 7 nitrogen and oxygen atoms in total. The molecule has 0 atom stereocenters. The van der Waals surface area contributed by atoms with Gasteiger partial charge in [0, 0.05) is 39.3 Å². The molecule has 0 saturated carbocycles. The number of guanidine groups is 1. The summed E-state index contributed by atoms with van der Waals surface area (Å²) in [6, 6.07) is 7.63. The molecule has 0 aromatic heterocycles. The van der Waals surface area contributed by atoms with Crippen LogP contribution in [0.3, 0.4) is 0 Å². The van der Waals surface area contributed by atoms with Gasteiger partial charge in [0.15, 0.2) is 5.96 Å². The first-order valence-corrected chi connectivity index (χ1v) is 10.4. The number of nitrogens with zero attached hydrogens (tertiary/aromatic N) is 3. The first-order valence-electron chi connectivity index (χ1n) is 10.4. The van der Waals surface area contributed by atoms with Crippen molar-refractivity contribution in [3.63, 3.8) is 0 Å². The second-order valence-electron chi connectivity index (χ2n) is 7.06. The summed E-state index contributed by atoms with van der Waals surface area (Å²) in [6.45, 7) is 11.0. The van der Waals surface area contributed by atoms with Gasteiger partial charge in [-0.1, -0.05) is 0 Å². The van der Waals surface area contributed by atoms with Crippen LogP contribution in [0.5, 0.6) is 11.5 Å². The third-order valence-corrected chi connectivity index (χ3v) is 4.82. The molecule has 0 amide bonds. The normalized spacial score (nSPS) is 16.0. The Morgan fingerprint density at radius 1 is 1.04 bits per heavy atom. The molecular formula is C21H37N5O2. The molecule has 0 radical (unpaired) electrons. The van der Waals surface area contributed by atoms with E-state index in [-0.39, 0.29) is 0 Å². The van der Waals surface area contributed by atoms with Gasteiger partial charge < -0.3 is 29.9 Å². The number of piperazine rings is 1. The van der Waals surface area contributed by atoms with Gasteiger partial charge in [0.25, 0.3) is 0 Å². The number of likely N-dealkylation sites (N-methyl/N-ethyl adjacent to an activating group) is 1. The summed E-state index contributed by atoms with van der Waals surface area (Å²) >= 11 is 0. The van der Waals surface area contributed by atoms with Gasteiger partial charge >= 0.3 is 0 Å². The Morgan fingerprint density at radius 2 is 1.75 bits per heavy atom. The number of hydrogen-bond donors (Lipinski definition) is 2. The van der Waals surface area contributed by atoms with Crippen LogP contribution in [0.1, 0.15) is 19.8 Å².